The van der Waals surface area contributed by atoms with E-state index in [9.17, 15) is 23.5 Å². The minimum Gasteiger partial charge on any atom is -0.491 e. The number of nitrogens with zero attached hydrogens (tertiary/aromatic N) is 3. The van der Waals surface area contributed by atoms with Gasteiger partial charge in [0.05, 0.1) is 23.5 Å². The van der Waals surface area contributed by atoms with Crippen LogP contribution in [0.25, 0.3) is 32.2 Å². The Labute approximate surface area is 290 Å². The largest absolute Gasteiger partial charge is 0.491 e. The van der Waals surface area contributed by atoms with Crippen LogP contribution in [0.15, 0.2) is 48.0 Å². The predicted octanol–water partition coefficient (Wildman–Crippen LogP) is 5.97. The molecule has 2 aromatic carbocycles. The number of halogens is 5. The van der Waals surface area contributed by atoms with Crippen LogP contribution in [0.3, 0.4) is 0 Å². The maximum Gasteiger partial charge on any atom is 0.424 e. The van der Waals surface area contributed by atoms with Crippen molar-refractivity contribution in [1.29, 1.82) is 0 Å². The number of primary amides is 1. The molecule has 266 valence electrons. The van der Waals surface area contributed by atoms with Crippen molar-refractivity contribution in [3.8, 4) is 22.8 Å². The maximum absolute atomic E-state index is 15.0. The first-order chi connectivity index (χ1) is 24.1. The van der Waals surface area contributed by atoms with Crippen molar-refractivity contribution < 1.29 is 46.1 Å². The molecule has 16 heteroatoms. The van der Waals surface area contributed by atoms with Gasteiger partial charge in [0.25, 0.3) is 5.91 Å². The predicted molar refractivity (Wildman–Crippen MR) is 176 cm³/mol. The van der Waals surface area contributed by atoms with Gasteiger partial charge in [-0.3, -0.25) is 9.59 Å². The van der Waals surface area contributed by atoms with Crippen LogP contribution in [-0.4, -0.2) is 57.6 Å². The van der Waals surface area contributed by atoms with Gasteiger partial charge in [0.1, 0.15) is 40.5 Å². The van der Waals surface area contributed by atoms with Crippen molar-refractivity contribution in [2.45, 2.75) is 55.6 Å². The maximum atomic E-state index is 15.0. The van der Waals surface area contributed by atoms with E-state index < -0.39 is 52.9 Å². The Hall–Kier alpha value is -4.83. The van der Waals surface area contributed by atoms with Gasteiger partial charge >= 0.3 is 6.18 Å². The van der Waals surface area contributed by atoms with Crippen molar-refractivity contribution in [2.75, 3.05) is 19.8 Å². The lowest BCUT2D eigenvalue weighted by molar-refractivity contribution is -0.265. The minimum atomic E-state index is -5.41. The molecule has 3 aliphatic rings. The number of aliphatic hydroxyl groups is 1. The number of alkyl halides is 4. The second kappa shape index (κ2) is 11.3. The summed E-state index contributed by atoms with van der Waals surface area (Å²) in [4.78, 5) is 30.4. The molecular weight excluding hydrogens is 697 g/mol. The summed E-state index contributed by atoms with van der Waals surface area (Å²) >= 11 is 0.993. The van der Waals surface area contributed by atoms with Gasteiger partial charge in [-0.25, -0.2) is 18.4 Å². The van der Waals surface area contributed by atoms with Gasteiger partial charge in [0.15, 0.2) is 0 Å². The second-order valence-corrected chi connectivity index (χ2v) is 14.6. The topological polar surface area (TPSA) is 142 Å². The normalized spacial score (nSPS) is 20.5. The van der Waals surface area contributed by atoms with Crippen LogP contribution >= 0.6 is 11.3 Å². The monoisotopic (exact) mass is 727 g/mol. The van der Waals surface area contributed by atoms with E-state index >= 15 is 13.2 Å². The highest BCUT2D eigenvalue weighted by Gasteiger charge is 2.58. The number of hydrogen-bond donors (Lipinski definition) is 3. The van der Waals surface area contributed by atoms with Crippen LogP contribution < -0.4 is 20.5 Å². The molecule has 2 saturated carbocycles. The molecule has 8 rings (SSSR count). The van der Waals surface area contributed by atoms with Gasteiger partial charge < -0.3 is 25.6 Å². The number of aromatic nitrogens is 3. The van der Waals surface area contributed by atoms with Crippen LogP contribution in [0.1, 0.15) is 54.2 Å². The van der Waals surface area contributed by atoms with Gasteiger partial charge in [0, 0.05) is 51.9 Å². The van der Waals surface area contributed by atoms with Crippen molar-refractivity contribution >= 4 is 44.1 Å². The fraction of sp³-hybridized carbons (Fsp3) is 0.371. The zero-order valence-corrected chi connectivity index (χ0v) is 27.8. The Kier molecular flexibility index (Phi) is 7.41. The first-order valence-electron chi connectivity index (χ1n) is 16.2. The SMILES string of the molecule is C[C@]1(C(N)=O)COc2c1cc([C@@](O)(CNC(=O)c1cc(OCC3CC3)c3nn(C4(F)CC4)cc3c1)C(F)(F)F)nc2-c1csc2c(F)cccc12. The van der Waals surface area contributed by atoms with E-state index in [0.29, 0.717) is 28.8 Å². The van der Waals surface area contributed by atoms with Crippen molar-refractivity contribution in [3.05, 3.63) is 70.6 Å². The minimum absolute atomic E-state index is 0.0357. The number of carbonyl (C=O) groups excluding carboxylic acids is 2. The summed E-state index contributed by atoms with van der Waals surface area (Å²) in [6.45, 7) is 0.00957. The van der Waals surface area contributed by atoms with Gasteiger partial charge in [-0.05, 0) is 49.9 Å². The standard InChI is InChI=1S/C35H30F5N5O5S/c1-32(31(41)47)16-50-28-22(32)11-25(43-27(28)21-14-51-29-20(21)3-2-4-23(29)36)34(48,35(38,39)40)15-42-30(46)18-9-19-12-45(33(37)7-8-33)44-26(19)24(10-18)49-13-17-5-6-17/h2-4,9-12,14,17,48H,5-8,13,15-16H2,1H3,(H2,41,47)(H,42,46)/t32-,34-/m0/s1. The fourth-order valence-corrected chi connectivity index (χ4v) is 7.17. The molecule has 5 aromatic rings. The highest BCUT2D eigenvalue weighted by atomic mass is 32.1. The van der Waals surface area contributed by atoms with Crippen molar-refractivity contribution in [2.24, 2.45) is 11.7 Å². The molecule has 3 aromatic heterocycles. The summed E-state index contributed by atoms with van der Waals surface area (Å²) in [7, 11) is 0. The van der Waals surface area contributed by atoms with E-state index in [-0.39, 0.29) is 58.0 Å². The number of rotatable bonds is 10. The van der Waals surface area contributed by atoms with Crippen LogP contribution in [0.4, 0.5) is 22.0 Å². The molecule has 2 aliphatic carbocycles. The van der Waals surface area contributed by atoms with E-state index in [0.717, 1.165) is 34.9 Å². The third-order valence-electron chi connectivity index (χ3n) is 9.90. The number of amides is 2. The summed E-state index contributed by atoms with van der Waals surface area (Å²) in [5, 5.41) is 20.2. The van der Waals surface area contributed by atoms with Gasteiger partial charge in [-0.15, -0.1) is 11.3 Å². The number of pyridine rings is 1. The molecule has 10 nitrogen and oxygen atoms in total. The second-order valence-electron chi connectivity index (χ2n) is 13.7. The molecule has 2 fully saturated rings. The Bertz CT molecular complexity index is 2260. The van der Waals surface area contributed by atoms with E-state index in [1.165, 1.54) is 42.8 Å². The summed E-state index contributed by atoms with van der Waals surface area (Å²) in [5.74, 6) is -3.64. The zero-order valence-electron chi connectivity index (χ0n) is 26.9. The molecule has 4 heterocycles. The van der Waals surface area contributed by atoms with E-state index in [4.69, 9.17) is 15.2 Å². The Morgan fingerprint density at radius 1 is 1.22 bits per heavy atom. The Morgan fingerprint density at radius 3 is 2.67 bits per heavy atom. The molecule has 0 bridgehead atoms. The summed E-state index contributed by atoms with van der Waals surface area (Å²) in [5.41, 5.74) is -0.468. The number of nitrogens with one attached hydrogen (secondary N) is 1. The third-order valence-corrected chi connectivity index (χ3v) is 10.9. The smallest absolute Gasteiger partial charge is 0.424 e. The quantitative estimate of drug-likeness (QED) is 0.151. The molecule has 0 unspecified atom stereocenters. The highest BCUT2D eigenvalue weighted by molar-refractivity contribution is 7.17. The average Bonchev–Trinajstić information content (AvgIpc) is 3.92. The molecule has 1 aliphatic heterocycles. The molecule has 0 radical (unpaired) electrons. The molecule has 2 atom stereocenters. The zero-order chi connectivity index (χ0) is 36.1. The molecule has 0 saturated heterocycles. The van der Waals surface area contributed by atoms with Crippen molar-refractivity contribution in [1.82, 2.24) is 20.1 Å². The van der Waals surface area contributed by atoms with Gasteiger partial charge in [0.2, 0.25) is 17.3 Å². The molecule has 4 N–H and O–H groups in total. The van der Waals surface area contributed by atoms with Crippen molar-refractivity contribution in [3.63, 3.8) is 0 Å². The number of nitrogens with two attached hydrogens (primary N) is 1. The van der Waals surface area contributed by atoms with Crippen LogP contribution in [0.2, 0.25) is 0 Å². The van der Waals surface area contributed by atoms with Crippen LogP contribution in [0.5, 0.6) is 11.5 Å². The molecule has 0 spiro atoms. The number of fused-ring (bicyclic) bond motifs is 3. The summed E-state index contributed by atoms with van der Waals surface area (Å²) in [6, 6.07) is 7.81. The van der Waals surface area contributed by atoms with E-state index in [1.807, 2.05) is 0 Å². The Balaban J connectivity index is 1.18. The molecule has 2 amide bonds. The van der Waals surface area contributed by atoms with Gasteiger partial charge in [-0.1, -0.05) is 12.1 Å². The van der Waals surface area contributed by atoms with E-state index in [1.54, 1.807) is 6.07 Å². The number of carbonyl (C=O) groups is 2. The lowest BCUT2D eigenvalue weighted by atomic mass is 9.81. The van der Waals surface area contributed by atoms with Crippen LogP contribution in [0, 0.1) is 11.7 Å². The number of ether oxygens (including phenoxy) is 2. The average molecular weight is 728 g/mol. The van der Waals surface area contributed by atoms with E-state index in [2.05, 4.69) is 15.4 Å². The summed E-state index contributed by atoms with van der Waals surface area (Å²) < 4.78 is 87.7. The number of hydrogen-bond acceptors (Lipinski definition) is 8. The lowest BCUT2D eigenvalue weighted by Gasteiger charge is -2.31. The molecule has 51 heavy (non-hydrogen) atoms. The fourth-order valence-electron chi connectivity index (χ4n) is 6.21. The van der Waals surface area contributed by atoms with Crippen LogP contribution in [-0.2, 0) is 21.6 Å². The first-order valence-corrected chi connectivity index (χ1v) is 17.1. The lowest BCUT2D eigenvalue weighted by Crippen LogP contribution is -2.51. The number of thiophene rings is 1. The van der Waals surface area contributed by atoms with Gasteiger partial charge in [-0.2, -0.15) is 18.3 Å². The summed E-state index contributed by atoms with van der Waals surface area (Å²) in [6.07, 6.45) is -1.53. The third kappa shape index (κ3) is 5.46. The Morgan fingerprint density at radius 2 is 1.98 bits per heavy atom. The number of benzene rings is 2. The highest BCUT2D eigenvalue weighted by Crippen LogP contribution is 2.50. The first kappa shape index (κ1) is 33.3. The molecular formula is C35H30F5N5O5S.